The van der Waals surface area contributed by atoms with Gasteiger partial charge in [-0.05, 0) is 39.2 Å². The third kappa shape index (κ3) is 14.0. The van der Waals surface area contributed by atoms with Crippen molar-refractivity contribution in [1.82, 2.24) is 21.3 Å². The van der Waals surface area contributed by atoms with Crippen molar-refractivity contribution in [2.24, 2.45) is 11.5 Å². The fraction of sp³-hybridized carbons (Fsp3) is 0.667. The Morgan fingerprint density at radius 2 is 1.32 bits per heavy atom. The van der Waals surface area contributed by atoms with Crippen LogP contribution in [0.1, 0.15) is 45.4 Å². The molecule has 0 aliphatic rings. The van der Waals surface area contributed by atoms with Gasteiger partial charge in [-0.1, -0.05) is 0 Å². The van der Waals surface area contributed by atoms with E-state index in [9.17, 15) is 43.8 Å². The number of rotatable bonds is 19. The minimum atomic E-state index is -1.76. The highest BCUT2D eigenvalue weighted by molar-refractivity contribution is 5.96. The van der Waals surface area contributed by atoms with E-state index < -0.39 is 91.2 Å². The van der Waals surface area contributed by atoms with E-state index in [0.717, 1.165) is 6.92 Å². The van der Waals surface area contributed by atoms with Crippen LogP contribution in [-0.4, -0.2) is 105 Å². The summed E-state index contributed by atoms with van der Waals surface area (Å²) in [6, 6.07) is -5.99. The number of unbranched alkanes of at least 4 members (excludes halogenated alkanes) is 1. The topological polar surface area (TPSA) is 301 Å². The Morgan fingerprint density at radius 3 is 1.82 bits per heavy atom. The molecule has 216 valence electrons. The Kier molecular flexibility index (Phi) is 15.8. The highest BCUT2D eigenvalue weighted by Gasteiger charge is 2.33. The number of aliphatic hydroxyl groups is 1. The fourth-order valence-electron chi connectivity index (χ4n) is 3.04. The molecule has 0 unspecified atom stereocenters. The summed E-state index contributed by atoms with van der Waals surface area (Å²) >= 11 is 0. The van der Waals surface area contributed by atoms with Gasteiger partial charge in [0.05, 0.1) is 18.6 Å². The Bertz CT molecular complexity index is 867. The molecule has 0 saturated heterocycles. The minimum absolute atomic E-state index is 0.0235. The van der Waals surface area contributed by atoms with Gasteiger partial charge in [0.15, 0.2) is 0 Å². The highest BCUT2D eigenvalue weighted by atomic mass is 16.4. The average molecular weight is 549 g/mol. The molecular weight excluding hydrogens is 512 g/mol. The summed E-state index contributed by atoms with van der Waals surface area (Å²) in [7, 11) is 0. The molecule has 0 heterocycles. The van der Waals surface area contributed by atoms with E-state index in [4.69, 9.17) is 21.7 Å². The van der Waals surface area contributed by atoms with Gasteiger partial charge in [-0.3, -0.25) is 33.6 Å². The number of carboxylic acids is 3. The van der Waals surface area contributed by atoms with E-state index >= 15 is 0 Å². The van der Waals surface area contributed by atoms with Gasteiger partial charge in [0.2, 0.25) is 23.6 Å². The first-order valence-electron chi connectivity index (χ1n) is 11.7. The van der Waals surface area contributed by atoms with E-state index in [1.54, 1.807) is 0 Å². The van der Waals surface area contributed by atoms with Crippen LogP contribution in [-0.2, 0) is 33.6 Å². The summed E-state index contributed by atoms with van der Waals surface area (Å²) in [6.07, 6.45) is -2.24. The number of amides is 4. The number of hydrogen-bond donors (Lipinski definition) is 10. The number of carbonyl (C=O) groups is 7. The second-order valence-corrected chi connectivity index (χ2v) is 8.38. The van der Waals surface area contributed by atoms with E-state index in [2.05, 4.69) is 16.0 Å². The second-order valence-electron chi connectivity index (χ2n) is 8.38. The van der Waals surface area contributed by atoms with Gasteiger partial charge < -0.3 is 53.2 Å². The number of hydrogen-bond acceptors (Lipinski definition) is 10. The Balaban J connectivity index is 5.63. The molecule has 0 aliphatic heterocycles. The number of aliphatic carboxylic acids is 3. The fourth-order valence-corrected chi connectivity index (χ4v) is 3.04. The summed E-state index contributed by atoms with van der Waals surface area (Å²) < 4.78 is 0. The number of carbonyl (C=O) groups excluding carboxylic acids is 4. The predicted octanol–water partition coefficient (Wildman–Crippen LogP) is -4.18. The lowest BCUT2D eigenvalue weighted by molar-refractivity contribution is -0.142. The number of carboxylic acid groups (broad SMARTS) is 3. The Hall–Kier alpha value is -3.83. The maximum Gasteiger partial charge on any atom is 0.322 e. The molecule has 0 aromatic heterocycles. The first-order valence-corrected chi connectivity index (χ1v) is 11.7. The molecule has 0 bridgehead atoms. The molecule has 0 aromatic carbocycles. The van der Waals surface area contributed by atoms with Crippen LogP contribution in [0.4, 0.5) is 0 Å². The molecule has 0 aliphatic carbocycles. The quantitative estimate of drug-likeness (QED) is 0.0686. The maximum atomic E-state index is 12.9. The highest BCUT2D eigenvalue weighted by Crippen LogP contribution is 2.06. The van der Waals surface area contributed by atoms with E-state index in [-0.39, 0.29) is 19.4 Å². The molecule has 0 spiro atoms. The van der Waals surface area contributed by atoms with Crippen LogP contribution >= 0.6 is 0 Å². The number of aliphatic hydroxyl groups excluding tert-OH is 1. The molecule has 0 radical (unpaired) electrons. The van der Waals surface area contributed by atoms with Crippen molar-refractivity contribution in [3.05, 3.63) is 0 Å². The third-order valence-electron chi connectivity index (χ3n) is 5.07. The van der Waals surface area contributed by atoms with Gasteiger partial charge >= 0.3 is 17.9 Å². The molecule has 4 amide bonds. The van der Waals surface area contributed by atoms with E-state index in [1.807, 2.05) is 5.32 Å². The van der Waals surface area contributed by atoms with Crippen molar-refractivity contribution >= 4 is 41.5 Å². The van der Waals surface area contributed by atoms with Crippen molar-refractivity contribution in [3.63, 3.8) is 0 Å². The minimum Gasteiger partial charge on any atom is -0.481 e. The largest absolute Gasteiger partial charge is 0.481 e. The molecule has 0 aromatic rings. The van der Waals surface area contributed by atoms with Gasteiger partial charge in [0.1, 0.15) is 24.7 Å². The normalized spacial score (nSPS) is 14.6. The van der Waals surface area contributed by atoms with Gasteiger partial charge in [0, 0.05) is 6.42 Å². The van der Waals surface area contributed by atoms with Crippen LogP contribution in [0.5, 0.6) is 0 Å². The summed E-state index contributed by atoms with van der Waals surface area (Å²) in [6.45, 7) is 0.577. The standard InChI is InChI=1S/C21H36N6O11/c1-10(28)17(21(38)24-9-16(33)34)27-20(37)13(8-15(31)32)26-19(36)12(4-2-3-7-22)25-18(35)11(23)5-6-14(29)30/h10-13,17,28H,2-9,22-23H2,1H3,(H,24,38)(H,25,35)(H,26,36)(H,27,37)(H,29,30)(H,31,32)(H,33,34)/t10-,11+,12+,13+,17+/m1/s1. The monoisotopic (exact) mass is 548 g/mol. The molecular formula is C21H36N6O11. The van der Waals surface area contributed by atoms with E-state index in [1.165, 1.54) is 0 Å². The zero-order valence-corrected chi connectivity index (χ0v) is 20.8. The molecule has 0 rings (SSSR count). The van der Waals surface area contributed by atoms with E-state index in [0.29, 0.717) is 12.8 Å². The lowest BCUT2D eigenvalue weighted by atomic mass is 10.0. The van der Waals surface area contributed by atoms with Crippen LogP contribution in [0.25, 0.3) is 0 Å². The van der Waals surface area contributed by atoms with Gasteiger partial charge in [-0.15, -0.1) is 0 Å². The second kappa shape index (κ2) is 17.6. The molecule has 38 heavy (non-hydrogen) atoms. The summed E-state index contributed by atoms with van der Waals surface area (Å²) in [5.41, 5.74) is 11.1. The smallest absolute Gasteiger partial charge is 0.322 e. The molecule has 17 nitrogen and oxygen atoms in total. The molecule has 17 heteroatoms. The van der Waals surface area contributed by atoms with Gasteiger partial charge in [-0.25, -0.2) is 0 Å². The van der Waals surface area contributed by atoms with Crippen molar-refractivity contribution < 1.29 is 54.0 Å². The lowest BCUT2D eigenvalue weighted by Crippen LogP contribution is -2.60. The van der Waals surface area contributed by atoms with Crippen LogP contribution in [0.2, 0.25) is 0 Å². The van der Waals surface area contributed by atoms with Crippen LogP contribution in [0.3, 0.4) is 0 Å². The summed E-state index contributed by atoms with van der Waals surface area (Å²) in [5, 5.41) is 45.1. The zero-order valence-electron chi connectivity index (χ0n) is 20.8. The summed E-state index contributed by atoms with van der Waals surface area (Å²) in [4.78, 5) is 82.9. The Morgan fingerprint density at radius 1 is 0.737 bits per heavy atom. The zero-order chi connectivity index (χ0) is 29.4. The predicted molar refractivity (Wildman–Crippen MR) is 128 cm³/mol. The average Bonchev–Trinajstić information content (AvgIpc) is 2.82. The van der Waals surface area contributed by atoms with Gasteiger partial charge in [-0.2, -0.15) is 0 Å². The number of nitrogens with one attached hydrogen (secondary N) is 4. The SMILES string of the molecule is C[C@@H](O)[C@H](NC(=O)[C@H](CC(=O)O)NC(=O)[C@H](CCCCN)NC(=O)[C@@H](N)CCC(=O)O)C(=O)NCC(=O)O. The van der Waals surface area contributed by atoms with Crippen molar-refractivity contribution in [1.29, 1.82) is 0 Å². The Labute approximate surface area is 217 Å². The first-order chi connectivity index (χ1) is 17.7. The summed E-state index contributed by atoms with van der Waals surface area (Å²) in [5.74, 6) is -8.14. The third-order valence-corrected chi connectivity index (χ3v) is 5.07. The van der Waals surface area contributed by atoms with Crippen LogP contribution in [0.15, 0.2) is 0 Å². The molecule has 0 fully saturated rings. The molecule has 12 N–H and O–H groups in total. The number of nitrogens with two attached hydrogens (primary N) is 2. The molecule has 0 saturated carbocycles. The molecule has 5 atom stereocenters. The first kappa shape index (κ1) is 34.2. The van der Waals surface area contributed by atoms with Crippen LogP contribution < -0.4 is 32.7 Å². The van der Waals surface area contributed by atoms with Crippen molar-refractivity contribution in [3.8, 4) is 0 Å². The van der Waals surface area contributed by atoms with Crippen molar-refractivity contribution in [2.45, 2.75) is 75.7 Å². The maximum absolute atomic E-state index is 12.9. The lowest BCUT2D eigenvalue weighted by Gasteiger charge is -2.26. The van der Waals surface area contributed by atoms with Crippen LogP contribution in [0, 0.1) is 0 Å². The van der Waals surface area contributed by atoms with Crippen molar-refractivity contribution in [2.75, 3.05) is 13.1 Å². The van der Waals surface area contributed by atoms with Gasteiger partial charge in [0.25, 0.3) is 0 Å².